The summed E-state index contributed by atoms with van der Waals surface area (Å²) in [6, 6.07) is 4.97. The molecule has 0 unspecified atom stereocenters. The lowest BCUT2D eigenvalue weighted by Gasteiger charge is -2.06. The molecule has 0 saturated carbocycles. The first-order chi connectivity index (χ1) is 7.77. The monoisotopic (exact) mass is 214 g/mol. The number of allylic oxidation sites excluding steroid dienone is 1. The minimum Gasteiger partial charge on any atom is -0.505 e. The molecule has 0 radical (unpaired) electrons. The number of phenolic OH excluding ortho intramolecular Hbond substituents is 1. The number of hydrogen-bond acceptors (Lipinski definition) is 4. The van der Waals surface area contributed by atoms with E-state index in [4.69, 9.17) is 0 Å². The fourth-order valence-corrected chi connectivity index (χ4v) is 1.65. The first kappa shape index (κ1) is 10.3. The molecule has 1 aromatic heterocycles. The lowest BCUT2D eigenvalue weighted by molar-refractivity contribution is 0.475. The van der Waals surface area contributed by atoms with Crippen LogP contribution in [0.2, 0.25) is 0 Å². The van der Waals surface area contributed by atoms with Crippen LogP contribution in [0.15, 0.2) is 42.2 Å². The smallest absolute Gasteiger partial charge is 0.145 e. The van der Waals surface area contributed by atoms with Gasteiger partial charge in [-0.1, -0.05) is 6.08 Å². The number of rotatable bonds is 3. The van der Waals surface area contributed by atoms with Gasteiger partial charge in [-0.2, -0.15) is 0 Å². The van der Waals surface area contributed by atoms with Crippen molar-refractivity contribution in [3.8, 4) is 5.75 Å². The average molecular weight is 214 g/mol. The summed E-state index contributed by atoms with van der Waals surface area (Å²) >= 11 is 0. The van der Waals surface area contributed by atoms with Crippen LogP contribution < -0.4 is 0 Å². The Kier molecular flexibility index (Phi) is 2.64. The summed E-state index contributed by atoms with van der Waals surface area (Å²) in [5, 5.41) is 13.5. The fourth-order valence-electron chi connectivity index (χ4n) is 1.65. The van der Waals surface area contributed by atoms with Gasteiger partial charge in [0.1, 0.15) is 17.0 Å². The van der Waals surface area contributed by atoms with Crippen molar-refractivity contribution in [1.29, 1.82) is 0 Å². The molecule has 1 N–H and O–H groups in total. The molecule has 0 aliphatic heterocycles. The van der Waals surface area contributed by atoms with Crippen molar-refractivity contribution in [2.75, 3.05) is 0 Å². The Hall–Kier alpha value is -2.23. The highest BCUT2D eigenvalue weighted by Crippen LogP contribution is 2.34. The van der Waals surface area contributed by atoms with Crippen LogP contribution >= 0.6 is 0 Å². The first-order valence-electron chi connectivity index (χ1n) is 4.81. The van der Waals surface area contributed by atoms with E-state index in [0.29, 0.717) is 22.9 Å². The normalized spacial score (nSPS) is 10.2. The molecule has 0 aliphatic rings. The number of fused-ring (bicyclic) bond motifs is 1. The van der Waals surface area contributed by atoms with E-state index in [-0.39, 0.29) is 11.4 Å². The zero-order valence-corrected chi connectivity index (χ0v) is 8.55. The third kappa shape index (κ3) is 1.54. The number of nitrogens with zero attached hydrogens (tertiary/aromatic N) is 2. The van der Waals surface area contributed by atoms with Crippen molar-refractivity contribution in [2.45, 2.75) is 6.42 Å². The van der Waals surface area contributed by atoms with Gasteiger partial charge in [0.05, 0.1) is 0 Å². The zero-order chi connectivity index (χ0) is 11.5. The molecule has 0 saturated heterocycles. The van der Waals surface area contributed by atoms with Gasteiger partial charge in [-0.3, -0.25) is 4.98 Å². The lowest BCUT2D eigenvalue weighted by Crippen LogP contribution is -1.87. The number of phenols is 1. The van der Waals surface area contributed by atoms with Crippen LogP contribution in [0.1, 0.15) is 5.56 Å². The molecule has 80 valence electrons. The highest BCUT2D eigenvalue weighted by molar-refractivity contribution is 5.94. The van der Waals surface area contributed by atoms with Crippen LogP contribution in [-0.2, 0) is 6.42 Å². The molecular formula is C12H10N2O2. The Labute approximate surface area is 92.2 Å². The molecule has 0 aliphatic carbocycles. The second-order valence-corrected chi connectivity index (χ2v) is 3.39. The number of pyridine rings is 1. The second-order valence-electron chi connectivity index (χ2n) is 3.39. The topological polar surface area (TPSA) is 62.5 Å². The second kappa shape index (κ2) is 4.10. The third-order valence-electron chi connectivity index (χ3n) is 2.39. The molecule has 16 heavy (non-hydrogen) atoms. The van der Waals surface area contributed by atoms with E-state index in [2.05, 4.69) is 16.7 Å². The van der Waals surface area contributed by atoms with E-state index in [9.17, 15) is 10.0 Å². The molecular weight excluding hydrogens is 204 g/mol. The van der Waals surface area contributed by atoms with Crippen LogP contribution in [0, 0.1) is 4.91 Å². The number of aromatic nitrogens is 1. The van der Waals surface area contributed by atoms with E-state index >= 15 is 0 Å². The van der Waals surface area contributed by atoms with Crippen molar-refractivity contribution >= 4 is 16.6 Å². The molecule has 2 rings (SSSR count). The molecule has 1 heterocycles. The molecule has 0 bridgehead atoms. The molecule has 0 amide bonds. The molecule has 0 fully saturated rings. The summed E-state index contributed by atoms with van der Waals surface area (Å²) in [5.41, 5.74) is 1.30. The van der Waals surface area contributed by atoms with Crippen LogP contribution in [-0.4, -0.2) is 10.1 Å². The highest BCUT2D eigenvalue weighted by Gasteiger charge is 2.11. The third-order valence-corrected chi connectivity index (χ3v) is 2.39. The first-order valence-corrected chi connectivity index (χ1v) is 4.81. The van der Waals surface area contributed by atoms with Gasteiger partial charge in [0.25, 0.3) is 0 Å². The quantitative estimate of drug-likeness (QED) is 0.630. The minimum atomic E-state index is 0.0860. The number of aromatic hydroxyl groups is 1. The van der Waals surface area contributed by atoms with Crippen molar-refractivity contribution < 1.29 is 5.11 Å². The Morgan fingerprint density at radius 1 is 1.56 bits per heavy atom. The van der Waals surface area contributed by atoms with Gasteiger partial charge in [0.2, 0.25) is 0 Å². The molecule has 4 nitrogen and oxygen atoms in total. The van der Waals surface area contributed by atoms with Gasteiger partial charge < -0.3 is 5.11 Å². The maximum absolute atomic E-state index is 10.7. The van der Waals surface area contributed by atoms with Gasteiger partial charge in [-0.25, -0.2) is 0 Å². The Morgan fingerprint density at radius 2 is 2.38 bits per heavy atom. The van der Waals surface area contributed by atoms with Crippen LogP contribution in [0.4, 0.5) is 5.69 Å². The number of hydrogen-bond donors (Lipinski definition) is 1. The van der Waals surface area contributed by atoms with Gasteiger partial charge in [-0.15, -0.1) is 11.5 Å². The van der Waals surface area contributed by atoms with Crippen molar-refractivity contribution in [1.82, 2.24) is 4.98 Å². The summed E-state index contributed by atoms with van der Waals surface area (Å²) in [6.07, 6.45) is 3.69. The van der Waals surface area contributed by atoms with E-state index in [1.807, 2.05) is 0 Å². The molecule has 4 heteroatoms. The average Bonchev–Trinajstić information content (AvgIpc) is 2.33. The maximum Gasteiger partial charge on any atom is 0.145 e. The highest BCUT2D eigenvalue weighted by atomic mass is 16.3. The Morgan fingerprint density at radius 3 is 3.06 bits per heavy atom. The maximum atomic E-state index is 10.7. The van der Waals surface area contributed by atoms with Gasteiger partial charge in [0.15, 0.2) is 0 Å². The van der Waals surface area contributed by atoms with Crippen LogP contribution in [0.5, 0.6) is 5.75 Å². The summed E-state index contributed by atoms with van der Waals surface area (Å²) < 4.78 is 0. The number of benzene rings is 1. The predicted molar refractivity (Wildman–Crippen MR) is 62.8 cm³/mol. The molecule has 0 atom stereocenters. The molecule has 2 aromatic rings. The Balaban J connectivity index is 2.82. The van der Waals surface area contributed by atoms with Crippen molar-refractivity contribution in [2.24, 2.45) is 5.18 Å². The number of nitroso groups, excluding NO2 is 1. The summed E-state index contributed by atoms with van der Waals surface area (Å²) in [7, 11) is 0. The fraction of sp³-hybridized carbons (Fsp3) is 0.0833. The minimum absolute atomic E-state index is 0.0860. The zero-order valence-electron chi connectivity index (χ0n) is 8.55. The van der Waals surface area contributed by atoms with Gasteiger partial charge >= 0.3 is 0 Å². The van der Waals surface area contributed by atoms with Gasteiger partial charge in [-0.05, 0) is 29.8 Å². The predicted octanol–water partition coefficient (Wildman–Crippen LogP) is 3.07. The van der Waals surface area contributed by atoms with Crippen molar-refractivity contribution in [3.05, 3.63) is 47.5 Å². The van der Waals surface area contributed by atoms with Crippen LogP contribution in [0.3, 0.4) is 0 Å². The van der Waals surface area contributed by atoms with E-state index < -0.39 is 0 Å². The van der Waals surface area contributed by atoms with Crippen molar-refractivity contribution in [3.63, 3.8) is 0 Å². The van der Waals surface area contributed by atoms with Gasteiger partial charge in [0, 0.05) is 17.1 Å². The van der Waals surface area contributed by atoms with E-state index in [1.54, 1.807) is 30.5 Å². The summed E-state index contributed by atoms with van der Waals surface area (Å²) in [6.45, 7) is 3.59. The lowest BCUT2D eigenvalue weighted by atomic mass is 10.1. The molecule has 0 spiro atoms. The largest absolute Gasteiger partial charge is 0.505 e. The summed E-state index contributed by atoms with van der Waals surface area (Å²) in [5.74, 6) is 0.0860. The Bertz CT molecular complexity index is 564. The summed E-state index contributed by atoms with van der Waals surface area (Å²) in [4.78, 5) is 14.8. The standard InChI is InChI=1S/C12H10N2O2/c1-2-4-8-7-10(14-16)9-5-3-6-13-11(9)12(8)15/h2-3,5-7,15H,1,4H2. The van der Waals surface area contributed by atoms with E-state index in [1.165, 1.54) is 0 Å². The molecule has 1 aromatic carbocycles. The SMILES string of the molecule is C=CCc1cc(N=O)c2cccnc2c1O. The van der Waals surface area contributed by atoms with E-state index in [0.717, 1.165) is 0 Å². The van der Waals surface area contributed by atoms with Crippen LogP contribution in [0.25, 0.3) is 10.9 Å².